The fourth-order valence-corrected chi connectivity index (χ4v) is 2.19. The molecule has 0 bridgehead atoms. The molecule has 0 aliphatic heterocycles. The predicted octanol–water partition coefficient (Wildman–Crippen LogP) is 4.66. The lowest BCUT2D eigenvalue weighted by Gasteiger charge is -2.19. The van der Waals surface area contributed by atoms with Crippen molar-refractivity contribution in [3.05, 3.63) is 34.0 Å². The molecular formula is C11H6F5S. The van der Waals surface area contributed by atoms with Crippen LogP contribution in [0.25, 0.3) is 10.8 Å². The molecule has 17 heavy (non-hydrogen) atoms. The minimum absolute atomic E-state index is 0.386. The Morgan fingerprint density at radius 2 is 1.76 bits per heavy atom. The molecule has 2 rings (SSSR count). The topological polar surface area (TPSA) is 0 Å². The molecule has 1 aromatic heterocycles. The fraction of sp³-hybridized carbons (Fsp3) is 0.273. The summed E-state index contributed by atoms with van der Waals surface area (Å²) in [6.07, 6.45) is -5.58. The number of benzene rings is 1. The second-order valence-corrected chi connectivity index (χ2v) is 4.61. The van der Waals surface area contributed by atoms with Crippen LogP contribution in [-0.2, 0) is 5.92 Å². The molecular weight excluding hydrogens is 259 g/mol. The first-order chi connectivity index (χ1) is 7.73. The van der Waals surface area contributed by atoms with Gasteiger partial charge in [-0.25, -0.2) is 0 Å². The zero-order chi connectivity index (χ0) is 12.8. The summed E-state index contributed by atoms with van der Waals surface area (Å²) in [5.41, 5.74) is -1.03. The Balaban J connectivity index is 2.60. The maximum atomic E-state index is 13.1. The Kier molecular flexibility index (Phi) is 2.65. The number of thiophene rings is 1. The summed E-state index contributed by atoms with van der Waals surface area (Å²) in [5.74, 6) is -4.82. The number of fused-ring (bicyclic) bond motifs is 1. The molecule has 2 aromatic rings. The molecule has 1 heterocycles. The summed E-state index contributed by atoms with van der Waals surface area (Å²) < 4.78 is 62.8. The third-order valence-electron chi connectivity index (χ3n) is 2.43. The van der Waals surface area contributed by atoms with Crippen molar-refractivity contribution in [1.82, 2.24) is 0 Å². The number of aryl methyl sites for hydroxylation is 1. The van der Waals surface area contributed by atoms with Crippen LogP contribution in [0.1, 0.15) is 10.4 Å². The zero-order valence-corrected chi connectivity index (χ0v) is 9.35. The third kappa shape index (κ3) is 1.90. The largest absolute Gasteiger partial charge is 0.458 e. The second-order valence-electron chi connectivity index (χ2n) is 3.59. The van der Waals surface area contributed by atoms with Gasteiger partial charge < -0.3 is 0 Å². The highest BCUT2D eigenvalue weighted by atomic mass is 32.1. The Hall–Kier alpha value is -1.17. The van der Waals surface area contributed by atoms with Crippen LogP contribution in [0.15, 0.2) is 18.2 Å². The van der Waals surface area contributed by atoms with Gasteiger partial charge in [0.25, 0.3) is 0 Å². The van der Waals surface area contributed by atoms with Gasteiger partial charge in [-0.2, -0.15) is 22.0 Å². The van der Waals surface area contributed by atoms with Gasteiger partial charge in [0, 0.05) is 15.8 Å². The van der Waals surface area contributed by atoms with E-state index in [4.69, 9.17) is 0 Å². The number of hydrogen-bond acceptors (Lipinski definition) is 1. The fourth-order valence-electron chi connectivity index (χ4n) is 1.47. The summed E-state index contributed by atoms with van der Waals surface area (Å²) in [6, 6.07) is 2.90. The van der Waals surface area contributed by atoms with E-state index in [1.807, 2.05) is 0 Å². The maximum Gasteiger partial charge on any atom is 0.458 e. The van der Waals surface area contributed by atoms with Crippen molar-refractivity contribution in [3.63, 3.8) is 0 Å². The molecule has 6 heteroatoms. The molecule has 91 valence electrons. The Labute approximate surface area is 97.7 Å². The monoisotopic (exact) mass is 265 g/mol. The van der Waals surface area contributed by atoms with E-state index < -0.39 is 17.7 Å². The van der Waals surface area contributed by atoms with Crippen LogP contribution in [0.4, 0.5) is 22.0 Å². The van der Waals surface area contributed by atoms with Crippen LogP contribution in [0.5, 0.6) is 0 Å². The molecule has 0 saturated carbocycles. The lowest BCUT2D eigenvalue weighted by molar-refractivity contribution is -0.289. The quantitative estimate of drug-likeness (QED) is 0.657. The summed E-state index contributed by atoms with van der Waals surface area (Å²) >= 11 is 1.19. The summed E-state index contributed by atoms with van der Waals surface area (Å²) in [4.78, 5) is 0.667. The predicted molar refractivity (Wildman–Crippen MR) is 55.3 cm³/mol. The van der Waals surface area contributed by atoms with E-state index in [0.717, 1.165) is 12.1 Å². The maximum absolute atomic E-state index is 13.1. The van der Waals surface area contributed by atoms with Crippen LogP contribution in [0.2, 0.25) is 0 Å². The molecule has 0 spiro atoms. The minimum atomic E-state index is -5.58. The van der Waals surface area contributed by atoms with E-state index in [0.29, 0.717) is 15.6 Å². The van der Waals surface area contributed by atoms with E-state index in [2.05, 4.69) is 5.38 Å². The molecule has 0 saturated heterocycles. The van der Waals surface area contributed by atoms with E-state index in [9.17, 15) is 22.0 Å². The van der Waals surface area contributed by atoms with Crippen molar-refractivity contribution in [2.75, 3.05) is 0 Å². The van der Waals surface area contributed by atoms with Gasteiger partial charge >= 0.3 is 12.1 Å². The highest BCUT2D eigenvalue weighted by Gasteiger charge is 2.58. The molecule has 0 fully saturated rings. The molecule has 0 unspecified atom stereocenters. The zero-order valence-electron chi connectivity index (χ0n) is 8.53. The Morgan fingerprint density at radius 1 is 1.12 bits per heavy atom. The second kappa shape index (κ2) is 3.66. The summed E-state index contributed by atoms with van der Waals surface area (Å²) in [7, 11) is 0. The molecule has 0 amide bonds. The first-order valence-corrected chi connectivity index (χ1v) is 5.41. The van der Waals surface area contributed by atoms with Gasteiger partial charge in [-0.3, -0.25) is 0 Å². The van der Waals surface area contributed by atoms with Crippen molar-refractivity contribution >= 4 is 22.1 Å². The lowest BCUT2D eigenvalue weighted by atomic mass is 10.0. The summed E-state index contributed by atoms with van der Waals surface area (Å²) in [6.45, 7) is 1.65. The normalized spacial score (nSPS) is 13.3. The number of hydrogen-bond donors (Lipinski definition) is 0. The third-order valence-corrected chi connectivity index (χ3v) is 3.28. The Bertz CT molecular complexity index is 552. The van der Waals surface area contributed by atoms with Gasteiger partial charge in [0.1, 0.15) is 0 Å². The molecule has 1 aromatic carbocycles. The van der Waals surface area contributed by atoms with Crippen LogP contribution >= 0.6 is 11.3 Å². The summed E-state index contributed by atoms with van der Waals surface area (Å²) in [5, 5.41) is 3.76. The van der Waals surface area contributed by atoms with Crippen LogP contribution in [0, 0.1) is 12.3 Å². The molecule has 0 atom stereocenters. The Morgan fingerprint density at radius 3 is 2.35 bits per heavy atom. The molecule has 1 radical (unpaired) electrons. The van der Waals surface area contributed by atoms with Gasteiger partial charge in [-0.15, -0.1) is 11.3 Å². The average molecular weight is 265 g/mol. The van der Waals surface area contributed by atoms with Crippen LogP contribution in [-0.4, -0.2) is 6.18 Å². The molecule has 0 N–H and O–H groups in total. The SMILES string of the molecule is Cc1s[c]c2ccc(C(F)(F)C(F)(F)F)cc12. The highest BCUT2D eigenvalue weighted by Crippen LogP contribution is 2.44. The molecule has 0 aliphatic rings. The van der Waals surface area contributed by atoms with Gasteiger partial charge in [-0.1, -0.05) is 12.1 Å². The van der Waals surface area contributed by atoms with Gasteiger partial charge in [0.15, 0.2) is 0 Å². The van der Waals surface area contributed by atoms with Crippen molar-refractivity contribution in [2.24, 2.45) is 0 Å². The van der Waals surface area contributed by atoms with Crippen molar-refractivity contribution < 1.29 is 22.0 Å². The minimum Gasteiger partial charge on any atom is -0.191 e. The lowest BCUT2D eigenvalue weighted by Crippen LogP contribution is -2.33. The van der Waals surface area contributed by atoms with E-state index in [1.165, 1.54) is 17.4 Å². The molecule has 0 nitrogen and oxygen atoms in total. The van der Waals surface area contributed by atoms with Crippen molar-refractivity contribution in [3.8, 4) is 0 Å². The first kappa shape index (κ1) is 12.3. The van der Waals surface area contributed by atoms with Crippen molar-refractivity contribution in [1.29, 1.82) is 0 Å². The van der Waals surface area contributed by atoms with E-state index >= 15 is 0 Å². The highest BCUT2D eigenvalue weighted by molar-refractivity contribution is 7.11. The van der Waals surface area contributed by atoms with Crippen LogP contribution < -0.4 is 0 Å². The smallest absolute Gasteiger partial charge is 0.191 e. The van der Waals surface area contributed by atoms with Gasteiger partial charge in [0.2, 0.25) is 0 Å². The van der Waals surface area contributed by atoms with Crippen LogP contribution in [0.3, 0.4) is 0 Å². The standard InChI is InChI=1S/C11H6F5S/c1-6-9-4-8(3-2-7(9)5-17-6)10(12,13)11(14,15)16/h2-4H,1H3. The molecule has 0 aliphatic carbocycles. The number of alkyl halides is 5. The van der Waals surface area contributed by atoms with Gasteiger partial charge in [-0.05, 0) is 18.4 Å². The van der Waals surface area contributed by atoms with E-state index in [1.54, 1.807) is 6.92 Å². The number of halogens is 5. The average Bonchev–Trinajstić information content (AvgIpc) is 2.58. The van der Waals surface area contributed by atoms with E-state index in [-0.39, 0.29) is 0 Å². The first-order valence-electron chi connectivity index (χ1n) is 4.59. The van der Waals surface area contributed by atoms with Gasteiger partial charge in [0.05, 0.1) is 5.38 Å². The van der Waals surface area contributed by atoms with Crippen molar-refractivity contribution in [2.45, 2.75) is 19.0 Å². The number of rotatable bonds is 1.